The Labute approximate surface area is 119 Å². The number of aliphatic hydroxyl groups is 1. The highest BCUT2D eigenvalue weighted by Gasteiger charge is 2.09. The predicted molar refractivity (Wildman–Crippen MR) is 72.9 cm³/mol. The minimum atomic E-state index is -0.0238. The van der Waals surface area contributed by atoms with Crippen molar-refractivity contribution in [3.05, 3.63) is 39.9 Å². The van der Waals surface area contributed by atoms with Gasteiger partial charge in [-0.05, 0) is 6.07 Å². The van der Waals surface area contributed by atoms with Gasteiger partial charge in [0, 0.05) is 19.0 Å². The van der Waals surface area contributed by atoms with Gasteiger partial charge in [-0.25, -0.2) is 4.98 Å². The van der Waals surface area contributed by atoms with Gasteiger partial charge in [0.2, 0.25) is 0 Å². The molecule has 18 heavy (non-hydrogen) atoms. The van der Waals surface area contributed by atoms with E-state index in [2.05, 4.69) is 9.97 Å². The van der Waals surface area contributed by atoms with Crippen molar-refractivity contribution in [2.75, 3.05) is 0 Å². The summed E-state index contributed by atoms with van der Waals surface area (Å²) in [6.45, 7) is -0.0238. The van der Waals surface area contributed by atoms with Crippen LogP contribution in [0, 0.1) is 0 Å². The van der Waals surface area contributed by atoms with Crippen LogP contribution in [0.25, 0.3) is 0 Å². The van der Waals surface area contributed by atoms with Crippen LogP contribution in [0.1, 0.15) is 11.4 Å². The number of imidazole rings is 1. The largest absolute Gasteiger partial charge is 0.390 e. The third-order valence-electron chi connectivity index (χ3n) is 2.43. The fourth-order valence-electron chi connectivity index (χ4n) is 1.39. The molecule has 0 fully saturated rings. The molecule has 0 aliphatic rings. The second kappa shape index (κ2) is 5.93. The zero-order chi connectivity index (χ0) is 13.1. The van der Waals surface area contributed by atoms with E-state index in [4.69, 9.17) is 28.3 Å². The number of pyridine rings is 1. The lowest BCUT2D eigenvalue weighted by atomic mass is 10.4. The van der Waals surface area contributed by atoms with Crippen LogP contribution in [-0.4, -0.2) is 19.6 Å². The third-order valence-corrected chi connectivity index (χ3v) is 4.01. The van der Waals surface area contributed by atoms with Gasteiger partial charge < -0.3 is 9.67 Å². The summed E-state index contributed by atoms with van der Waals surface area (Å²) in [7, 11) is 1.86. The maximum Gasteiger partial charge on any atom is 0.168 e. The van der Waals surface area contributed by atoms with Crippen LogP contribution in [0.3, 0.4) is 0 Å². The Morgan fingerprint density at radius 2 is 2.11 bits per heavy atom. The summed E-state index contributed by atoms with van der Waals surface area (Å²) in [5.41, 5.74) is 1.53. The van der Waals surface area contributed by atoms with Crippen molar-refractivity contribution >= 4 is 35.0 Å². The number of aromatic nitrogens is 3. The molecule has 2 rings (SSSR count). The summed E-state index contributed by atoms with van der Waals surface area (Å²) in [5.74, 6) is 0.603. The fourth-order valence-corrected chi connectivity index (χ4v) is 2.85. The molecule has 2 heterocycles. The quantitative estimate of drug-likeness (QED) is 0.882. The molecular formula is C11H11Cl2N3OS. The van der Waals surface area contributed by atoms with Gasteiger partial charge in [0.1, 0.15) is 0 Å². The summed E-state index contributed by atoms with van der Waals surface area (Å²) >= 11 is 13.3. The van der Waals surface area contributed by atoms with E-state index < -0.39 is 0 Å². The Hall–Kier alpha value is -0.750. The van der Waals surface area contributed by atoms with Crippen LogP contribution >= 0.6 is 35.0 Å². The number of halogens is 2. The highest BCUT2D eigenvalue weighted by Crippen LogP contribution is 2.26. The Morgan fingerprint density at radius 1 is 1.33 bits per heavy atom. The molecule has 96 valence electrons. The number of aliphatic hydroxyl groups excluding tert-OH is 1. The number of hydrogen-bond acceptors (Lipinski definition) is 4. The van der Waals surface area contributed by atoms with Gasteiger partial charge in [-0.2, -0.15) is 0 Å². The first-order valence-corrected chi connectivity index (χ1v) is 6.90. The molecule has 0 atom stereocenters. The van der Waals surface area contributed by atoms with E-state index in [1.807, 2.05) is 11.6 Å². The monoisotopic (exact) mass is 303 g/mol. The highest BCUT2D eigenvalue weighted by atomic mass is 35.5. The predicted octanol–water partition coefficient (Wildman–Crippen LogP) is 2.91. The van der Waals surface area contributed by atoms with Gasteiger partial charge in [0.15, 0.2) is 5.16 Å². The molecule has 0 aromatic carbocycles. The van der Waals surface area contributed by atoms with Crippen LogP contribution in [0.5, 0.6) is 0 Å². The molecule has 0 unspecified atom stereocenters. The molecule has 2 aromatic rings. The topological polar surface area (TPSA) is 50.9 Å². The molecule has 0 aliphatic heterocycles. The molecular weight excluding hydrogens is 293 g/mol. The zero-order valence-electron chi connectivity index (χ0n) is 9.60. The molecule has 1 N–H and O–H groups in total. The number of nitrogens with zero attached hydrogens (tertiary/aromatic N) is 3. The molecule has 0 spiro atoms. The Morgan fingerprint density at radius 3 is 2.72 bits per heavy atom. The lowest BCUT2D eigenvalue weighted by molar-refractivity contribution is 0.271. The minimum absolute atomic E-state index is 0.0238. The van der Waals surface area contributed by atoms with Crippen molar-refractivity contribution in [3.8, 4) is 0 Å². The van der Waals surface area contributed by atoms with Gasteiger partial charge in [-0.1, -0.05) is 35.0 Å². The van der Waals surface area contributed by atoms with Crippen molar-refractivity contribution in [1.82, 2.24) is 14.5 Å². The second-order valence-electron chi connectivity index (χ2n) is 3.62. The Balaban J connectivity index is 2.09. The van der Waals surface area contributed by atoms with E-state index in [0.717, 1.165) is 16.5 Å². The van der Waals surface area contributed by atoms with E-state index >= 15 is 0 Å². The van der Waals surface area contributed by atoms with Crippen LogP contribution < -0.4 is 0 Å². The summed E-state index contributed by atoms with van der Waals surface area (Å²) < 4.78 is 1.84. The van der Waals surface area contributed by atoms with E-state index in [-0.39, 0.29) is 6.61 Å². The number of thioether (sulfide) groups is 1. The van der Waals surface area contributed by atoms with E-state index in [0.29, 0.717) is 15.8 Å². The average molecular weight is 304 g/mol. The smallest absolute Gasteiger partial charge is 0.168 e. The standard InChI is InChI=1S/C11H11Cl2N3OS/c1-16-8(5-17)4-15-11(16)18-6-10-9(13)2-7(12)3-14-10/h2-4,17H,5-6H2,1H3. The van der Waals surface area contributed by atoms with E-state index in [1.54, 1.807) is 18.5 Å². The van der Waals surface area contributed by atoms with Crippen LogP contribution in [0.2, 0.25) is 10.0 Å². The summed E-state index contributed by atoms with van der Waals surface area (Å²) in [5, 5.41) is 11.0. The lowest BCUT2D eigenvalue weighted by Gasteiger charge is -2.05. The summed E-state index contributed by atoms with van der Waals surface area (Å²) in [6, 6.07) is 1.67. The van der Waals surface area contributed by atoms with Gasteiger partial charge in [0.25, 0.3) is 0 Å². The summed E-state index contributed by atoms with van der Waals surface area (Å²) in [4.78, 5) is 8.40. The van der Waals surface area contributed by atoms with E-state index in [1.165, 1.54) is 11.8 Å². The molecule has 7 heteroatoms. The Kier molecular flexibility index (Phi) is 4.50. The summed E-state index contributed by atoms with van der Waals surface area (Å²) in [6.07, 6.45) is 3.22. The van der Waals surface area contributed by atoms with Crippen molar-refractivity contribution < 1.29 is 5.11 Å². The normalized spacial score (nSPS) is 10.9. The van der Waals surface area contributed by atoms with Gasteiger partial charge in [0.05, 0.1) is 34.2 Å². The first-order chi connectivity index (χ1) is 8.61. The van der Waals surface area contributed by atoms with Crippen molar-refractivity contribution in [2.24, 2.45) is 7.05 Å². The molecule has 2 aromatic heterocycles. The van der Waals surface area contributed by atoms with Gasteiger partial charge in [-0.3, -0.25) is 4.98 Å². The lowest BCUT2D eigenvalue weighted by Crippen LogP contribution is -1.98. The van der Waals surface area contributed by atoms with Crippen molar-refractivity contribution in [2.45, 2.75) is 17.5 Å². The SMILES string of the molecule is Cn1c(CO)cnc1SCc1ncc(Cl)cc1Cl. The van der Waals surface area contributed by atoms with Gasteiger partial charge in [-0.15, -0.1) is 0 Å². The van der Waals surface area contributed by atoms with E-state index in [9.17, 15) is 0 Å². The van der Waals surface area contributed by atoms with Crippen molar-refractivity contribution in [1.29, 1.82) is 0 Å². The highest BCUT2D eigenvalue weighted by molar-refractivity contribution is 7.98. The first kappa shape index (κ1) is 13.7. The number of rotatable bonds is 4. The van der Waals surface area contributed by atoms with Crippen LogP contribution in [-0.2, 0) is 19.4 Å². The molecule has 0 saturated heterocycles. The zero-order valence-corrected chi connectivity index (χ0v) is 11.9. The van der Waals surface area contributed by atoms with Crippen LogP contribution in [0.4, 0.5) is 0 Å². The fraction of sp³-hybridized carbons (Fsp3) is 0.273. The minimum Gasteiger partial charge on any atom is -0.390 e. The molecule has 0 radical (unpaired) electrons. The average Bonchev–Trinajstić information content (AvgIpc) is 2.69. The number of hydrogen-bond donors (Lipinski definition) is 1. The first-order valence-electron chi connectivity index (χ1n) is 5.16. The van der Waals surface area contributed by atoms with Crippen molar-refractivity contribution in [3.63, 3.8) is 0 Å². The molecule has 0 bridgehead atoms. The maximum atomic E-state index is 9.07. The Bertz CT molecular complexity index is 559. The molecule has 0 aliphatic carbocycles. The molecule has 0 amide bonds. The molecule has 0 saturated carbocycles. The van der Waals surface area contributed by atoms with Crippen LogP contribution in [0.15, 0.2) is 23.6 Å². The maximum absolute atomic E-state index is 9.07. The van der Waals surface area contributed by atoms with Gasteiger partial charge >= 0.3 is 0 Å². The third kappa shape index (κ3) is 2.98. The molecule has 4 nitrogen and oxygen atoms in total. The second-order valence-corrected chi connectivity index (χ2v) is 5.41.